The second-order valence-corrected chi connectivity index (χ2v) is 4.39. The third-order valence-electron chi connectivity index (χ3n) is 3.03. The Kier molecular flexibility index (Phi) is 3.06. The zero-order chi connectivity index (χ0) is 13.1. The average Bonchev–Trinajstić information content (AvgIpc) is 2.92. The van der Waals surface area contributed by atoms with Gasteiger partial charge in [0.05, 0.1) is 11.8 Å². The van der Waals surface area contributed by atoms with Crippen LogP contribution in [0.5, 0.6) is 0 Å². The Balaban J connectivity index is 1.77. The molecule has 0 fully saturated rings. The molecule has 0 unspecified atom stereocenters. The number of rotatable bonds is 4. The molecule has 0 atom stereocenters. The number of pyridine rings is 1. The quantitative estimate of drug-likeness (QED) is 0.701. The van der Waals surface area contributed by atoms with Gasteiger partial charge in [-0.25, -0.2) is 0 Å². The molecule has 96 valence electrons. The largest absolute Gasteiger partial charge is 0.469 e. The Morgan fingerprint density at radius 3 is 3.00 bits per heavy atom. The number of benzene rings is 1. The van der Waals surface area contributed by atoms with E-state index >= 15 is 0 Å². The van der Waals surface area contributed by atoms with Crippen LogP contribution < -0.4 is 11.1 Å². The fourth-order valence-electron chi connectivity index (χ4n) is 2.09. The number of fused-ring (bicyclic) bond motifs is 1. The molecule has 0 radical (unpaired) electrons. The van der Waals surface area contributed by atoms with Crippen LogP contribution in [0.15, 0.2) is 53.3 Å². The maximum atomic E-state index is 5.77. The lowest BCUT2D eigenvalue weighted by Gasteiger charge is -2.09. The highest BCUT2D eigenvalue weighted by Crippen LogP contribution is 2.23. The summed E-state index contributed by atoms with van der Waals surface area (Å²) in [6.45, 7) is 0.816. The number of nitrogen functional groups attached to an aromatic ring is 1. The molecular formula is C15H15N3O. The molecule has 3 rings (SSSR count). The summed E-state index contributed by atoms with van der Waals surface area (Å²) in [5.41, 5.74) is 8.47. The van der Waals surface area contributed by atoms with Crippen LogP contribution in [0.3, 0.4) is 0 Å². The summed E-state index contributed by atoms with van der Waals surface area (Å²) >= 11 is 0. The van der Waals surface area contributed by atoms with E-state index in [4.69, 9.17) is 10.2 Å². The zero-order valence-electron chi connectivity index (χ0n) is 10.5. The van der Waals surface area contributed by atoms with Crippen LogP contribution in [-0.2, 0) is 6.42 Å². The van der Waals surface area contributed by atoms with E-state index in [9.17, 15) is 0 Å². The van der Waals surface area contributed by atoms with Crippen molar-refractivity contribution in [2.75, 3.05) is 17.6 Å². The Labute approximate surface area is 111 Å². The molecule has 3 aromatic rings. The van der Waals surface area contributed by atoms with Crippen LogP contribution in [0.4, 0.5) is 11.4 Å². The average molecular weight is 253 g/mol. The van der Waals surface area contributed by atoms with Crippen molar-refractivity contribution in [2.45, 2.75) is 6.42 Å². The van der Waals surface area contributed by atoms with E-state index in [0.717, 1.165) is 41.0 Å². The second-order valence-electron chi connectivity index (χ2n) is 4.39. The summed E-state index contributed by atoms with van der Waals surface area (Å²) in [4.78, 5) is 4.32. The van der Waals surface area contributed by atoms with Crippen molar-refractivity contribution in [1.29, 1.82) is 0 Å². The van der Waals surface area contributed by atoms with Crippen molar-refractivity contribution >= 4 is 22.3 Å². The van der Waals surface area contributed by atoms with Gasteiger partial charge in [0.2, 0.25) is 0 Å². The molecule has 1 aromatic carbocycles. The number of furan rings is 1. The van der Waals surface area contributed by atoms with E-state index in [1.54, 1.807) is 12.5 Å². The molecule has 2 heterocycles. The smallest absolute Gasteiger partial charge is 0.105 e. The first kappa shape index (κ1) is 11.6. The van der Waals surface area contributed by atoms with E-state index < -0.39 is 0 Å². The van der Waals surface area contributed by atoms with Crippen LogP contribution in [-0.4, -0.2) is 11.5 Å². The van der Waals surface area contributed by atoms with Gasteiger partial charge in [-0.05, 0) is 36.4 Å². The van der Waals surface area contributed by atoms with Crippen molar-refractivity contribution in [3.63, 3.8) is 0 Å². The van der Waals surface area contributed by atoms with Crippen molar-refractivity contribution in [2.24, 2.45) is 0 Å². The van der Waals surface area contributed by atoms with Gasteiger partial charge in [0.15, 0.2) is 0 Å². The zero-order valence-corrected chi connectivity index (χ0v) is 10.5. The number of nitrogens with one attached hydrogen (secondary N) is 1. The van der Waals surface area contributed by atoms with E-state index in [1.165, 1.54) is 0 Å². The lowest BCUT2D eigenvalue weighted by Crippen LogP contribution is -2.05. The first-order valence-corrected chi connectivity index (χ1v) is 6.23. The standard InChI is InChI=1S/C15H15N3O/c16-11-3-4-13-14(6-8-18-15(13)10-11)17-7-5-12-2-1-9-19-12/h1-4,6,8-10H,5,7,16H2,(H,17,18). The molecule has 2 aromatic heterocycles. The third-order valence-corrected chi connectivity index (χ3v) is 3.03. The predicted octanol–water partition coefficient (Wildman–Crippen LogP) is 3.06. The van der Waals surface area contributed by atoms with Gasteiger partial charge in [-0.15, -0.1) is 0 Å². The van der Waals surface area contributed by atoms with Gasteiger partial charge in [-0.1, -0.05) is 0 Å². The summed E-state index contributed by atoms with van der Waals surface area (Å²) < 4.78 is 5.31. The molecule has 0 spiro atoms. The van der Waals surface area contributed by atoms with Crippen LogP contribution in [0.25, 0.3) is 10.9 Å². The van der Waals surface area contributed by atoms with Gasteiger partial charge in [-0.2, -0.15) is 0 Å². The highest BCUT2D eigenvalue weighted by molar-refractivity contribution is 5.92. The van der Waals surface area contributed by atoms with Crippen molar-refractivity contribution in [3.05, 3.63) is 54.6 Å². The molecule has 19 heavy (non-hydrogen) atoms. The predicted molar refractivity (Wildman–Crippen MR) is 77.1 cm³/mol. The molecule has 0 amide bonds. The number of anilines is 2. The first-order chi connectivity index (χ1) is 9.33. The normalized spacial score (nSPS) is 10.7. The minimum Gasteiger partial charge on any atom is -0.469 e. The number of nitrogens with zero attached hydrogens (tertiary/aromatic N) is 1. The number of nitrogens with two attached hydrogens (primary N) is 1. The minimum absolute atomic E-state index is 0.729. The maximum Gasteiger partial charge on any atom is 0.105 e. The second kappa shape index (κ2) is 5.02. The summed E-state index contributed by atoms with van der Waals surface area (Å²) in [6.07, 6.45) is 4.34. The summed E-state index contributed by atoms with van der Waals surface area (Å²) in [7, 11) is 0. The maximum absolute atomic E-state index is 5.77. The Morgan fingerprint density at radius 1 is 1.21 bits per heavy atom. The van der Waals surface area contributed by atoms with Crippen molar-refractivity contribution in [1.82, 2.24) is 4.98 Å². The molecular weight excluding hydrogens is 238 g/mol. The molecule has 0 aliphatic rings. The Bertz CT molecular complexity index is 677. The van der Waals surface area contributed by atoms with Gasteiger partial charge in [0.25, 0.3) is 0 Å². The van der Waals surface area contributed by atoms with Crippen LogP contribution in [0.1, 0.15) is 5.76 Å². The molecule has 0 aliphatic heterocycles. The number of hydrogen-bond donors (Lipinski definition) is 2. The monoisotopic (exact) mass is 253 g/mol. The molecule has 0 saturated heterocycles. The van der Waals surface area contributed by atoms with Gasteiger partial charge < -0.3 is 15.5 Å². The minimum atomic E-state index is 0.729. The number of hydrogen-bond acceptors (Lipinski definition) is 4. The molecule has 3 N–H and O–H groups in total. The van der Waals surface area contributed by atoms with Gasteiger partial charge >= 0.3 is 0 Å². The fraction of sp³-hybridized carbons (Fsp3) is 0.133. The van der Waals surface area contributed by atoms with E-state index in [-0.39, 0.29) is 0 Å². The highest BCUT2D eigenvalue weighted by Gasteiger charge is 2.02. The highest BCUT2D eigenvalue weighted by atomic mass is 16.3. The number of aromatic nitrogens is 1. The molecule has 0 bridgehead atoms. The molecule has 4 heteroatoms. The van der Waals surface area contributed by atoms with E-state index in [1.807, 2.05) is 36.4 Å². The molecule has 0 saturated carbocycles. The van der Waals surface area contributed by atoms with Gasteiger partial charge in [0.1, 0.15) is 5.76 Å². The van der Waals surface area contributed by atoms with E-state index in [2.05, 4.69) is 10.3 Å². The lowest BCUT2D eigenvalue weighted by molar-refractivity contribution is 0.513. The lowest BCUT2D eigenvalue weighted by atomic mass is 10.1. The summed E-state index contributed by atoms with van der Waals surface area (Å²) in [6, 6.07) is 11.6. The van der Waals surface area contributed by atoms with Crippen molar-refractivity contribution < 1.29 is 4.42 Å². The SMILES string of the molecule is Nc1ccc2c(NCCc3ccco3)ccnc2c1. The fourth-order valence-corrected chi connectivity index (χ4v) is 2.09. The van der Waals surface area contributed by atoms with Crippen LogP contribution in [0, 0.1) is 0 Å². The van der Waals surface area contributed by atoms with Gasteiger partial charge in [-0.3, -0.25) is 4.98 Å². The molecule has 4 nitrogen and oxygen atoms in total. The third kappa shape index (κ3) is 2.52. The van der Waals surface area contributed by atoms with Crippen LogP contribution >= 0.6 is 0 Å². The Hall–Kier alpha value is -2.49. The Morgan fingerprint density at radius 2 is 2.16 bits per heavy atom. The van der Waals surface area contributed by atoms with Crippen molar-refractivity contribution in [3.8, 4) is 0 Å². The molecule has 0 aliphatic carbocycles. The summed E-state index contributed by atoms with van der Waals surface area (Å²) in [5, 5.41) is 4.48. The topological polar surface area (TPSA) is 64.1 Å². The van der Waals surface area contributed by atoms with Crippen LogP contribution in [0.2, 0.25) is 0 Å². The summed E-state index contributed by atoms with van der Waals surface area (Å²) in [5.74, 6) is 0.982. The van der Waals surface area contributed by atoms with E-state index in [0.29, 0.717) is 0 Å². The first-order valence-electron chi connectivity index (χ1n) is 6.23. The van der Waals surface area contributed by atoms with Gasteiger partial charge in [0, 0.05) is 35.9 Å².